The van der Waals surface area contributed by atoms with Crippen molar-refractivity contribution >= 4 is 22.6 Å². The van der Waals surface area contributed by atoms with Gasteiger partial charge in [0.05, 0.1) is 11.0 Å². The normalized spacial score (nSPS) is 10.8. The van der Waals surface area contributed by atoms with Crippen molar-refractivity contribution in [1.29, 1.82) is 0 Å². The van der Waals surface area contributed by atoms with Crippen LogP contribution in [0.15, 0.2) is 41.2 Å². The summed E-state index contributed by atoms with van der Waals surface area (Å²) in [5.41, 5.74) is 1.20. The Morgan fingerprint density at radius 1 is 0.952 bits per heavy atom. The zero-order valence-corrected chi connectivity index (χ0v) is 10.5. The molecule has 0 aliphatic rings. The number of anilines is 1. The number of aromatic nitrogens is 2. The van der Waals surface area contributed by atoms with Gasteiger partial charge in [-0.05, 0) is 36.4 Å². The summed E-state index contributed by atoms with van der Waals surface area (Å²) in [5, 5.41) is 2.54. The van der Waals surface area contributed by atoms with E-state index < -0.39 is 17.5 Å². The first-order valence-electron chi connectivity index (χ1n) is 6.01. The number of aromatic amines is 2. The van der Waals surface area contributed by atoms with Crippen molar-refractivity contribution in [2.75, 3.05) is 5.32 Å². The molecule has 21 heavy (non-hydrogen) atoms. The summed E-state index contributed by atoms with van der Waals surface area (Å²) in [6.07, 6.45) is 0. The van der Waals surface area contributed by atoms with Gasteiger partial charge in [-0.2, -0.15) is 0 Å². The Hall–Kier alpha value is -2.96. The second-order valence-corrected chi connectivity index (χ2v) is 4.42. The maximum atomic E-state index is 13.1. The average molecular weight is 289 g/mol. The van der Waals surface area contributed by atoms with Gasteiger partial charge in [0.25, 0.3) is 5.91 Å². The van der Waals surface area contributed by atoms with Crippen LogP contribution in [0.25, 0.3) is 11.0 Å². The number of hydrogen-bond acceptors (Lipinski definition) is 2. The highest BCUT2D eigenvalue weighted by Gasteiger charge is 2.10. The number of amides is 1. The smallest absolute Gasteiger partial charge is 0.322 e. The molecule has 0 fully saturated rings. The van der Waals surface area contributed by atoms with Gasteiger partial charge in [-0.1, -0.05) is 0 Å². The Balaban J connectivity index is 1.88. The standard InChI is InChI=1S/C14H9F2N3O2/c15-9-3-1-7(5-10(9)16)13(20)17-8-2-4-11-12(6-8)19-14(21)18-11/h1-6H,(H,17,20)(H2,18,19,21). The lowest BCUT2D eigenvalue weighted by Crippen LogP contribution is -2.12. The highest BCUT2D eigenvalue weighted by molar-refractivity contribution is 6.04. The fraction of sp³-hybridized carbons (Fsp3) is 0. The maximum absolute atomic E-state index is 13.1. The first kappa shape index (κ1) is 13.0. The molecule has 1 aromatic heterocycles. The van der Waals surface area contributed by atoms with E-state index in [-0.39, 0.29) is 11.3 Å². The van der Waals surface area contributed by atoms with Crippen LogP contribution in [-0.2, 0) is 0 Å². The van der Waals surface area contributed by atoms with Crippen molar-refractivity contribution in [2.45, 2.75) is 0 Å². The number of carbonyl (C=O) groups is 1. The molecule has 1 heterocycles. The number of rotatable bonds is 2. The maximum Gasteiger partial charge on any atom is 0.323 e. The van der Waals surface area contributed by atoms with Gasteiger partial charge in [0, 0.05) is 11.3 Å². The van der Waals surface area contributed by atoms with E-state index in [1.54, 1.807) is 18.2 Å². The quantitative estimate of drug-likeness (QED) is 0.677. The Morgan fingerprint density at radius 3 is 2.48 bits per heavy atom. The van der Waals surface area contributed by atoms with Gasteiger partial charge in [-0.15, -0.1) is 0 Å². The van der Waals surface area contributed by atoms with Gasteiger partial charge in [0.15, 0.2) is 11.6 Å². The van der Waals surface area contributed by atoms with Crippen LogP contribution in [0.1, 0.15) is 10.4 Å². The summed E-state index contributed by atoms with van der Waals surface area (Å²) in [7, 11) is 0. The molecule has 3 aromatic rings. The fourth-order valence-corrected chi connectivity index (χ4v) is 1.95. The van der Waals surface area contributed by atoms with E-state index in [1.165, 1.54) is 6.07 Å². The molecule has 3 N–H and O–H groups in total. The number of fused-ring (bicyclic) bond motifs is 1. The van der Waals surface area contributed by atoms with Crippen molar-refractivity contribution in [3.8, 4) is 0 Å². The summed E-state index contributed by atoms with van der Waals surface area (Å²) in [6, 6.07) is 7.66. The van der Waals surface area contributed by atoms with Crippen molar-refractivity contribution in [3.05, 3.63) is 64.1 Å². The highest BCUT2D eigenvalue weighted by atomic mass is 19.2. The molecule has 0 atom stereocenters. The predicted molar refractivity (Wildman–Crippen MR) is 73.2 cm³/mol. The van der Waals surface area contributed by atoms with Crippen LogP contribution >= 0.6 is 0 Å². The molecule has 3 rings (SSSR count). The molecule has 0 saturated carbocycles. The second-order valence-electron chi connectivity index (χ2n) is 4.42. The number of carbonyl (C=O) groups excluding carboxylic acids is 1. The Kier molecular flexibility index (Phi) is 3.02. The van der Waals surface area contributed by atoms with Gasteiger partial charge in [0.2, 0.25) is 0 Å². The second kappa shape index (κ2) is 4.86. The molecular weight excluding hydrogens is 280 g/mol. The fourth-order valence-electron chi connectivity index (χ4n) is 1.95. The molecule has 0 aliphatic carbocycles. The molecule has 0 bridgehead atoms. The van der Waals surface area contributed by atoms with Gasteiger partial charge in [-0.3, -0.25) is 4.79 Å². The van der Waals surface area contributed by atoms with Crippen LogP contribution in [0, 0.1) is 11.6 Å². The lowest BCUT2D eigenvalue weighted by atomic mass is 10.2. The summed E-state index contributed by atoms with van der Waals surface area (Å²) in [6.45, 7) is 0. The van der Waals surface area contributed by atoms with Crippen molar-refractivity contribution < 1.29 is 13.6 Å². The minimum atomic E-state index is -1.09. The number of H-pyrrole nitrogens is 2. The molecule has 0 saturated heterocycles. The third-order valence-electron chi connectivity index (χ3n) is 2.96. The van der Waals surface area contributed by atoms with E-state index in [2.05, 4.69) is 15.3 Å². The molecule has 5 nitrogen and oxygen atoms in total. The van der Waals surface area contributed by atoms with E-state index in [4.69, 9.17) is 0 Å². The molecule has 0 unspecified atom stereocenters. The highest BCUT2D eigenvalue weighted by Crippen LogP contribution is 2.16. The largest absolute Gasteiger partial charge is 0.323 e. The SMILES string of the molecule is O=C(Nc1ccc2[nH]c(=O)[nH]c2c1)c1ccc(F)c(F)c1. The van der Waals surface area contributed by atoms with Gasteiger partial charge >= 0.3 is 5.69 Å². The Bertz CT molecular complexity index is 899. The topological polar surface area (TPSA) is 77.8 Å². The average Bonchev–Trinajstić information content (AvgIpc) is 2.81. The molecule has 2 aromatic carbocycles. The Labute approximate surface area is 116 Å². The van der Waals surface area contributed by atoms with Gasteiger partial charge in [0.1, 0.15) is 0 Å². The minimum Gasteiger partial charge on any atom is -0.322 e. The van der Waals surface area contributed by atoms with E-state index in [0.29, 0.717) is 16.7 Å². The van der Waals surface area contributed by atoms with Crippen molar-refractivity contribution in [1.82, 2.24) is 9.97 Å². The monoisotopic (exact) mass is 289 g/mol. The molecule has 106 valence electrons. The van der Waals surface area contributed by atoms with Crippen LogP contribution in [0.3, 0.4) is 0 Å². The van der Waals surface area contributed by atoms with Crippen LogP contribution in [0.4, 0.5) is 14.5 Å². The van der Waals surface area contributed by atoms with E-state index in [1.807, 2.05) is 0 Å². The number of benzene rings is 2. The lowest BCUT2D eigenvalue weighted by Gasteiger charge is -2.05. The van der Waals surface area contributed by atoms with Crippen molar-refractivity contribution in [3.63, 3.8) is 0 Å². The van der Waals surface area contributed by atoms with Crippen LogP contribution < -0.4 is 11.0 Å². The summed E-state index contributed by atoms with van der Waals surface area (Å²) in [5.74, 6) is -2.68. The molecule has 0 aliphatic heterocycles. The number of nitrogens with one attached hydrogen (secondary N) is 3. The molecule has 0 spiro atoms. The predicted octanol–water partition coefficient (Wildman–Crippen LogP) is 2.39. The first-order chi connectivity index (χ1) is 10.0. The van der Waals surface area contributed by atoms with E-state index >= 15 is 0 Å². The third kappa shape index (κ3) is 2.53. The first-order valence-corrected chi connectivity index (χ1v) is 6.01. The van der Waals surface area contributed by atoms with Crippen LogP contribution in [0.2, 0.25) is 0 Å². The van der Waals surface area contributed by atoms with Gasteiger partial charge in [-0.25, -0.2) is 13.6 Å². The van der Waals surface area contributed by atoms with Crippen LogP contribution in [0.5, 0.6) is 0 Å². The Morgan fingerprint density at radius 2 is 1.71 bits per heavy atom. The lowest BCUT2D eigenvalue weighted by molar-refractivity contribution is 0.102. The van der Waals surface area contributed by atoms with E-state index in [9.17, 15) is 18.4 Å². The number of imidazole rings is 1. The summed E-state index contributed by atoms with van der Waals surface area (Å²) >= 11 is 0. The molecule has 7 heteroatoms. The number of hydrogen-bond donors (Lipinski definition) is 3. The van der Waals surface area contributed by atoms with E-state index in [0.717, 1.165) is 12.1 Å². The molecular formula is C14H9F2N3O2. The molecule has 0 radical (unpaired) electrons. The zero-order chi connectivity index (χ0) is 15.0. The minimum absolute atomic E-state index is 0.00319. The summed E-state index contributed by atoms with van der Waals surface area (Å²) in [4.78, 5) is 28.2. The van der Waals surface area contributed by atoms with Crippen molar-refractivity contribution in [2.24, 2.45) is 0 Å². The summed E-state index contributed by atoms with van der Waals surface area (Å²) < 4.78 is 25.9. The van der Waals surface area contributed by atoms with Crippen LogP contribution in [-0.4, -0.2) is 15.9 Å². The van der Waals surface area contributed by atoms with Gasteiger partial charge < -0.3 is 15.3 Å². The molecule has 1 amide bonds. The number of halogens is 2. The zero-order valence-electron chi connectivity index (χ0n) is 10.5. The third-order valence-corrected chi connectivity index (χ3v) is 2.96.